The lowest BCUT2D eigenvalue weighted by atomic mass is 9.72. The van der Waals surface area contributed by atoms with Gasteiger partial charge in [-0.2, -0.15) is 0 Å². The number of carbonyl (C=O) groups excluding carboxylic acids is 1. The summed E-state index contributed by atoms with van der Waals surface area (Å²) in [5.74, 6) is 1.30. The van der Waals surface area contributed by atoms with Gasteiger partial charge in [-0.3, -0.25) is 29.4 Å². The number of amides is 1. The molecule has 9 heteroatoms. The van der Waals surface area contributed by atoms with Crippen LogP contribution in [0.1, 0.15) is 47.6 Å². The van der Waals surface area contributed by atoms with Crippen LogP contribution in [0.15, 0.2) is 30.7 Å². The summed E-state index contributed by atoms with van der Waals surface area (Å²) < 4.78 is 0. The predicted molar refractivity (Wildman–Crippen MR) is 124 cm³/mol. The molecule has 1 amide bonds. The van der Waals surface area contributed by atoms with Crippen LogP contribution >= 0.6 is 0 Å². The van der Waals surface area contributed by atoms with E-state index in [2.05, 4.69) is 30.1 Å². The summed E-state index contributed by atoms with van der Waals surface area (Å²) in [7, 11) is 0. The summed E-state index contributed by atoms with van der Waals surface area (Å²) in [6.45, 7) is 6.71. The summed E-state index contributed by atoms with van der Waals surface area (Å²) in [4.78, 5) is 38.2. The van der Waals surface area contributed by atoms with Crippen molar-refractivity contribution >= 4 is 12.4 Å². The van der Waals surface area contributed by atoms with E-state index in [-0.39, 0.29) is 12.4 Å². The Kier molecular flexibility index (Phi) is 7.72. The Balaban J connectivity index is 0.000000821. The highest BCUT2D eigenvalue weighted by molar-refractivity contribution is 5.92. The quantitative estimate of drug-likeness (QED) is 0.591. The third kappa shape index (κ3) is 5.59. The monoisotopic (exact) mass is 454 g/mol. The fourth-order valence-electron chi connectivity index (χ4n) is 5.91. The zero-order chi connectivity index (χ0) is 23.2. The van der Waals surface area contributed by atoms with Crippen LogP contribution in [0, 0.1) is 18.8 Å². The van der Waals surface area contributed by atoms with Gasteiger partial charge in [0.2, 0.25) is 0 Å². The van der Waals surface area contributed by atoms with Gasteiger partial charge >= 0.3 is 0 Å². The molecular formula is C24H34N6O3. The van der Waals surface area contributed by atoms with Crippen LogP contribution in [-0.2, 0) is 11.3 Å². The van der Waals surface area contributed by atoms with Gasteiger partial charge in [0, 0.05) is 56.9 Å². The lowest BCUT2D eigenvalue weighted by Gasteiger charge is -2.56. The number of hydrogen-bond donors (Lipinski definition) is 3. The lowest BCUT2D eigenvalue weighted by molar-refractivity contribution is -0.122. The van der Waals surface area contributed by atoms with Crippen molar-refractivity contribution in [2.45, 2.75) is 51.2 Å². The van der Waals surface area contributed by atoms with Crippen molar-refractivity contribution in [3.05, 3.63) is 47.8 Å². The maximum atomic E-state index is 12.5. The Bertz CT molecular complexity index is 903. The highest BCUT2D eigenvalue weighted by atomic mass is 16.3. The molecule has 2 aromatic heterocycles. The highest BCUT2D eigenvalue weighted by Gasteiger charge is 2.47. The van der Waals surface area contributed by atoms with E-state index in [1.165, 1.54) is 32.2 Å². The minimum atomic E-state index is -0.250. The van der Waals surface area contributed by atoms with Crippen LogP contribution in [0.3, 0.4) is 0 Å². The molecule has 0 aromatic carbocycles. The fourth-order valence-corrected chi connectivity index (χ4v) is 5.91. The molecule has 0 unspecified atom stereocenters. The fraction of sp³-hybridized carbons (Fsp3) is 0.583. The van der Waals surface area contributed by atoms with Gasteiger partial charge in [-0.25, -0.2) is 0 Å². The number of hydrogen-bond acceptors (Lipinski definition) is 6. The molecule has 5 rings (SSSR count). The Labute approximate surface area is 194 Å². The molecule has 3 N–H and O–H groups in total. The third-order valence-electron chi connectivity index (χ3n) is 7.23. The predicted octanol–water partition coefficient (Wildman–Crippen LogP) is 1.92. The number of nitrogens with one attached hydrogen (secondary N) is 2. The van der Waals surface area contributed by atoms with Gasteiger partial charge in [0.25, 0.3) is 12.4 Å². The SMILES string of the molecule is Cc1cnc(CN2C[C@H]3C[C@@H](C2)[C@H](CNC(=O)c2ccc[nH]2)N2CCCC[C@@H]32)cn1.O=CO. The number of carboxylic acid groups (broad SMARTS) is 1. The van der Waals surface area contributed by atoms with Crippen molar-refractivity contribution in [2.24, 2.45) is 11.8 Å². The van der Waals surface area contributed by atoms with E-state index in [1.54, 1.807) is 6.20 Å². The van der Waals surface area contributed by atoms with E-state index in [4.69, 9.17) is 9.90 Å². The van der Waals surface area contributed by atoms with Gasteiger partial charge in [-0.15, -0.1) is 0 Å². The number of piperidine rings is 3. The summed E-state index contributed by atoms with van der Waals surface area (Å²) in [5, 5.41) is 10.1. The van der Waals surface area contributed by atoms with Gasteiger partial charge in [-0.05, 0) is 56.7 Å². The average molecular weight is 455 g/mol. The molecule has 3 fully saturated rings. The number of aromatic amines is 1. The summed E-state index contributed by atoms with van der Waals surface area (Å²) in [6, 6.07) is 4.76. The highest BCUT2D eigenvalue weighted by Crippen LogP contribution is 2.41. The number of fused-ring (bicyclic) bond motifs is 4. The molecule has 2 bridgehead atoms. The van der Waals surface area contributed by atoms with Crippen molar-refractivity contribution in [2.75, 3.05) is 26.2 Å². The maximum absolute atomic E-state index is 12.5. The molecule has 0 spiro atoms. The molecule has 2 aromatic rings. The molecule has 5 heterocycles. The van der Waals surface area contributed by atoms with Crippen molar-refractivity contribution in [1.29, 1.82) is 0 Å². The van der Waals surface area contributed by atoms with E-state index < -0.39 is 0 Å². The van der Waals surface area contributed by atoms with E-state index >= 15 is 0 Å². The summed E-state index contributed by atoms with van der Waals surface area (Å²) in [5.41, 5.74) is 2.66. The van der Waals surface area contributed by atoms with E-state index in [0.717, 1.165) is 43.5 Å². The van der Waals surface area contributed by atoms with Crippen LogP contribution in [0.2, 0.25) is 0 Å². The minimum absolute atomic E-state index is 0.00159. The number of aryl methyl sites for hydroxylation is 1. The standard InChI is InChI=1S/C23H32N6O.CH2O2/c1-16-10-26-19(11-25-16)15-28-13-17-9-18(14-28)22(29-8-3-2-6-21(17)29)12-27-23(30)20-5-4-7-24-20;2-1-3/h4-5,7,10-11,17-18,21-22,24H,2-3,6,8-9,12-15H2,1H3,(H,27,30);1H,(H,2,3)/t17-,18+,21+,22+;/m1./s1. The molecule has 0 aliphatic carbocycles. The lowest BCUT2D eigenvalue weighted by Crippen LogP contribution is -2.65. The maximum Gasteiger partial charge on any atom is 0.290 e. The van der Waals surface area contributed by atoms with Crippen LogP contribution in [-0.4, -0.2) is 80.5 Å². The molecule has 9 nitrogen and oxygen atoms in total. The summed E-state index contributed by atoms with van der Waals surface area (Å²) in [6.07, 6.45) is 10.8. The van der Waals surface area contributed by atoms with E-state index in [0.29, 0.717) is 23.7 Å². The molecule has 3 aliphatic rings. The van der Waals surface area contributed by atoms with Crippen LogP contribution in [0.25, 0.3) is 0 Å². The van der Waals surface area contributed by atoms with Gasteiger partial charge in [-0.1, -0.05) is 6.42 Å². The van der Waals surface area contributed by atoms with Crippen molar-refractivity contribution in [1.82, 2.24) is 30.1 Å². The minimum Gasteiger partial charge on any atom is -0.483 e. The second-order valence-corrected chi connectivity index (χ2v) is 9.37. The van der Waals surface area contributed by atoms with Gasteiger partial charge < -0.3 is 15.4 Å². The number of nitrogens with zero attached hydrogens (tertiary/aromatic N) is 4. The first-order valence-electron chi connectivity index (χ1n) is 11.8. The Morgan fingerprint density at radius 2 is 2.09 bits per heavy atom. The van der Waals surface area contributed by atoms with Crippen LogP contribution in [0.4, 0.5) is 0 Å². The molecule has 33 heavy (non-hydrogen) atoms. The first-order valence-corrected chi connectivity index (χ1v) is 11.8. The first-order chi connectivity index (χ1) is 16.1. The van der Waals surface area contributed by atoms with Crippen LogP contribution < -0.4 is 5.32 Å². The molecule has 178 valence electrons. The average Bonchev–Trinajstić information content (AvgIpc) is 3.36. The van der Waals surface area contributed by atoms with Gasteiger partial charge in [0.1, 0.15) is 5.69 Å². The molecular weight excluding hydrogens is 420 g/mol. The molecule has 4 atom stereocenters. The third-order valence-corrected chi connectivity index (χ3v) is 7.23. The Morgan fingerprint density at radius 3 is 2.82 bits per heavy atom. The molecule has 0 radical (unpaired) electrons. The summed E-state index contributed by atoms with van der Waals surface area (Å²) >= 11 is 0. The van der Waals surface area contributed by atoms with Crippen molar-refractivity contribution in [3.63, 3.8) is 0 Å². The normalized spacial score (nSPS) is 27.1. The van der Waals surface area contributed by atoms with Crippen molar-refractivity contribution < 1.29 is 14.7 Å². The topological polar surface area (TPSA) is 114 Å². The number of rotatable bonds is 5. The van der Waals surface area contributed by atoms with Gasteiger partial charge in [0.15, 0.2) is 0 Å². The molecule has 3 saturated heterocycles. The van der Waals surface area contributed by atoms with Gasteiger partial charge in [0.05, 0.1) is 11.4 Å². The second-order valence-electron chi connectivity index (χ2n) is 9.37. The Morgan fingerprint density at radius 1 is 1.27 bits per heavy atom. The van der Waals surface area contributed by atoms with Crippen LogP contribution in [0.5, 0.6) is 0 Å². The van der Waals surface area contributed by atoms with E-state index in [9.17, 15) is 4.79 Å². The Hall–Kier alpha value is -2.78. The molecule has 0 saturated carbocycles. The van der Waals surface area contributed by atoms with Crippen molar-refractivity contribution in [3.8, 4) is 0 Å². The number of likely N-dealkylation sites (tertiary alicyclic amines) is 1. The zero-order valence-electron chi connectivity index (χ0n) is 19.2. The number of H-pyrrole nitrogens is 1. The van der Waals surface area contributed by atoms with E-state index in [1.807, 2.05) is 31.5 Å². The number of carbonyl (C=O) groups is 2. The smallest absolute Gasteiger partial charge is 0.290 e. The second kappa shape index (κ2) is 10.9. The number of aromatic nitrogens is 3. The largest absolute Gasteiger partial charge is 0.483 e. The zero-order valence-corrected chi connectivity index (χ0v) is 19.2. The first kappa shape index (κ1) is 23.4. The molecule has 3 aliphatic heterocycles.